The summed E-state index contributed by atoms with van der Waals surface area (Å²) in [6.07, 6.45) is 2.83. The van der Waals surface area contributed by atoms with E-state index in [0.717, 1.165) is 0 Å². The lowest BCUT2D eigenvalue weighted by molar-refractivity contribution is 0.374. The fourth-order valence-corrected chi connectivity index (χ4v) is 4.04. The lowest BCUT2D eigenvalue weighted by atomic mass is 10.2. The summed E-state index contributed by atoms with van der Waals surface area (Å²) in [5, 5.41) is 4.15. The van der Waals surface area contributed by atoms with Crippen LogP contribution in [0.4, 0.5) is 5.82 Å². The van der Waals surface area contributed by atoms with E-state index >= 15 is 0 Å². The number of nitrogens with zero attached hydrogens (tertiary/aromatic N) is 3. The zero-order valence-electron chi connectivity index (χ0n) is 17.2. The number of sulfonamides is 1. The maximum absolute atomic E-state index is 12.5. The van der Waals surface area contributed by atoms with E-state index in [1.165, 1.54) is 37.0 Å². The van der Waals surface area contributed by atoms with Crippen LogP contribution in [-0.2, 0) is 10.0 Å². The van der Waals surface area contributed by atoms with Crippen molar-refractivity contribution in [3.05, 3.63) is 36.0 Å². The van der Waals surface area contributed by atoms with Crippen molar-refractivity contribution in [2.45, 2.75) is 18.7 Å². The lowest BCUT2D eigenvalue weighted by Crippen LogP contribution is -2.30. The fraction of sp³-hybridized carbons (Fsp3) is 0.368. The third-order valence-corrected chi connectivity index (χ3v) is 6.24. The van der Waals surface area contributed by atoms with Gasteiger partial charge in [0.05, 0.1) is 33.1 Å². The van der Waals surface area contributed by atoms with E-state index in [9.17, 15) is 8.42 Å². The van der Waals surface area contributed by atoms with Gasteiger partial charge in [-0.1, -0.05) is 13.8 Å². The number of nitrogens with one attached hydrogen (secondary N) is 1. The minimum Gasteiger partial charge on any atom is -0.496 e. The number of benzene rings is 1. The van der Waals surface area contributed by atoms with E-state index in [1.807, 2.05) is 0 Å². The first-order valence-electron chi connectivity index (χ1n) is 8.96. The molecule has 1 aromatic carbocycles. The van der Waals surface area contributed by atoms with Crippen molar-refractivity contribution in [3.8, 4) is 17.2 Å². The van der Waals surface area contributed by atoms with Gasteiger partial charge in [0.15, 0.2) is 0 Å². The second kappa shape index (κ2) is 10.1. The Hall–Kier alpha value is -2.85. The molecule has 2 rings (SSSR count). The van der Waals surface area contributed by atoms with Gasteiger partial charge in [0.1, 0.15) is 28.0 Å². The standard InChI is InChI=1S/C19H26N4O5S/c1-6-23(7-2)29(24,25)15-8-9-19(20-12-15)22-21-13-16-17(27-4)10-14(26-3)11-18(16)28-5/h8-13H,6-7H2,1-5H3,(H,20,22). The topological polar surface area (TPSA) is 102 Å². The molecule has 10 heteroatoms. The molecule has 0 spiro atoms. The largest absolute Gasteiger partial charge is 0.496 e. The Bertz CT molecular complexity index is 917. The van der Waals surface area contributed by atoms with Crippen molar-refractivity contribution >= 4 is 22.1 Å². The summed E-state index contributed by atoms with van der Waals surface area (Å²) in [5.41, 5.74) is 3.38. The average molecular weight is 423 g/mol. The van der Waals surface area contributed by atoms with Crippen LogP contribution in [-0.4, -0.2) is 58.3 Å². The SMILES string of the molecule is CCN(CC)S(=O)(=O)c1ccc(NN=Cc2c(OC)cc(OC)cc2OC)nc1. The minimum absolute atomic E-state index is 0.134. The van der Waals surface area contributed by atoms with Gasteiger partial charge < -0.3 is 14.2 Å². The molecule has 0 amide bonds. The zero-order chi connectivity index (χ0) is 21.4. The third-order valence-electron chi connectivity index (χ3n) is 4.21. The number of pyridine rings is 1. The van der Waals surface area contributed by atoms with Crippen LogP contribution in [0.25, 0.3) is 0 Å². The highest BCUT2D eigenvalue weighted by Gasteiger charge is 2.21. The lowest BCUT2D eigenvalue weighted by Gasteiger charge is -2.18. The van der Waals surface area contributed by atoms with Crippen LogP contribution in [0.15, 0.2) is 40.5 Å². The van der Waals surface area contributed by atoms with Crippen LogP contribution in [0.1, 0.15) is 19.4 Å². The molecule has 0 saturated heterocycles. The monoisotopic (exact) mass is 422 g/mol. The van der Waals surface area contributed by atoms with Crippen molar-refractivity contribution in [1.29, 1.82) is 0 Å². The van der Waals surface area contributed by atoms with Gasteiger partial charge in [-0.25, -0.2) is 13.4 Å². The molecule has 9 nitrogen and oxygen atoms in total. The third kappa shape index (κ3) is 5.15. The molecule has 0 unspecified atom stereocenters. The van der Waals surface area contributed by atoms with Gasteiger partial charge in [-0.3, -0.25) is 5.43 Å². The summed E-state index contributed by atoms with van der Waals surface area (Å²) in [4.78, 5) is 4.26. The molecule has 0 aliphatic rings. The molecule has 0 atom stereocenters. The summed E-state index contributed by atoms with van der Waals surface area (Å²) in [6.45, 7) is 4.38. The Morgan fingerprint density at radius 2 is 1.69 bits per heavy atom. The van der Waals surface area contributed by atoms with Crippen LogP contribution in [0, 0.1) is 0 Å². The number of hydrogen-bond donors (Lipinski definition) is 1. The number of anilines is 1. The molecule has 29 heavy (non-hydrogen) atoms. The smallest absolute Gasteiger partial charge is 0.244 e. The first kappa shape index (κ1) is 22.4. The molecule has 1 N–H and O–H groups in total. The van der Waals surface area contributed by atoms with Crippen molar-refractivity contribution in [2.24, 2.45) is 5.10 Å². The van der Waals surface area contributed by atoms with Gasteiger partial charge in [0, 0.05) is 31.4 Å². The zero-order valence-corrected chi connectivity index (χ0v) is 18.0. The molecule has 1 heterocycles. The van der Waals surface area contributed by atoms with E-state index in [-0.39, 0.29) is 4.90 Å². The number of methoxy groups -OCH3 is 3. The molecule has 0 fully saturated rings. The van der Waals surface area contributed by atoms with Crippen molar-refractivity contribution in [2.75, 3.05) is 39.8 Å². The summed E-state index contributed by atoms with van der Waals surface area (Å²) in [6, 6.07) is 6.48. The van der Waals surface area contributed by atoms with Crippen LogP contribution in [0.3, 0.4) is 0 Å². The quantitative estimate of drug-likeness (QED) is 0.464. The predicted octanol–water partition coefficient (Wildman–Crippen LogP) is 2.58. The normalized spacial score (nSPS) is 11.7. The maximum atomic E-state index is 12.5. The molecular weight excluding hydrogens is 396 g/mol. The summed E-state index contributed by atoms with van der Waals surface area (Å²) in [7, 11) is 1.08. The van der Waals surface area contributed by atoms with Gasteiger partial charge in [-0.2, -0.15) is 9.41 Å². The van der Waals surface area contributed by atoms with Gasteiger partial charge in [-0.05, 0) is 12.1 Å². The van der Waals surface area contributed by atoms with E-state index in [1.54, 1.807) is 39.2 Å². The van der Waals surface area contributed by atoms with E-state index in [2.05, 4.69) is 15.5 Å². The van der Waals surface area contributed by atoms with E-state index < -0.39 is 10.0 Å². The van der Waals surface area contributed by atoms with Crippen molar-refractivity contribution < 1.29 is 22.6 Å². The van der Waals surface area contributed by atoms with Crippen LogP contribution >= 0.6 is 0 Å². The highest BCUT2D eigenvalue weighted by molar-refractivity contribution is 7.89. The van der Waals surface area contributed by atoms with Crippen LogP contribution < -0.4 is 19.6 Å². The van der Waals surface area contributed by atoms with Gasteiger partial charge in [0.2, 0.25) is 10.0 Å². The van der Waals surface area contributed by atoms with Crippen molar-refractivity contribution in [3.63, 3.8) is 0 Å². The molecule has 0 aliphatic heterocycles. The predicted molar refractivity (Wildman–Crippen MR) is 112 cm³/mol. The first-order chi connectivity index (χ1) is 13.9. The maximum Gasteiger partial charge on any atom is 0.244 e. The number of aromatic nitrogens is 1. The first-order valence-corrected chi connectivity index (χ1v) is 10.4. The summed E-state index contributed by atoms with van der Waals surface area (Å²) in [5.74, 6) is 2.04. The summed E-state index contributed by atoms with van der Waals surface area (Å²) >= 11 is 0. The van der Waals surface area contributed by atoms with Gasteiger partial charge in [0.25, 0.3) is 0 Å². The Labute approximate surface area is 171 Å². The van der Waals surface area contributed by atoms with Crippen LogP contribution in [0.5, 0.6) is 17.2 Å². The second-order valence-electron chi connectivity index (χ2n) is 5.78. The highest BCUT2D eigenvalue weighted by Crippen LogP contribution is 2.32. The molecule has 0 aliphatic carbocycles. The minimum atomic E-state index is -3.55. The van der Waals surface area contributed by atoms with E-state index in [4.69, 9.17) is 14.2 Å². The Morgan fingerprint density at radius 1 is 1.07 bits per heavy atom. The fourth-order valence-electron chi connectivity index (χ4n) is 2.63. The average Bonchev–Trinajstić information content (AvgIpc) is 2.74. The highest BCUT2D eigenvalue weighted by atomic mass is 32.2. The molecular formula is C19H26N4O5S. The molecule has 1 aromatic heterocycles. The molecule has 0 bridgehead atoms. The Balaban J connectivity index is 2.20. The summed E-state index contributed by atoms with van der Waals surface area (Å²) < 4.78 is 42.3. The Morgan fingerprint density at radius 3 is 2.14 bits per heavy atom. The molecule has 158 valence electrons. The molecule has 0 radical (unpaired) electrons. The van der Waals surface area contributed by atoms with Crippen LogP contribution in [0.2, 0.25) is 0 Å². The molecule has 0 saturated carbocycles. The number of rotatable bonds is 10. The Kier molecular flexibility index (Phi) is 7.80. The number of ether oxygens (including phenoxy) is 3. The number of hydrogen-bond acceptors (Lipinski definition) is 8. The van der Waals surface area contributed by atoms with Gasteiger partial charge in [-0.15, -0.1) is 0 Å². The molecule has 2 aromatic rings. The van der Waals surface area contributed by atoms with Gasteiger partial charge >= 0.3 is 0 Å². The second-order valence-corrected chi connectivity index (χ2v) is 7.72. The number of hydrazone groups is 1. The van der Waals surface area contributed by atoms with Crippen molar-refractivity contribution in [1.82, 2.24) is 9.29 Å². The van der Waals surface area contributed by atoms with E-state index in [0.29, 0.717) is 41.7 Å².